The summed E-state index contributed by atoms with van der Waals surface area (Å²) < 4.78 is 0. The molecule has 3 heteroatoms. The van der Waals surface area contributed by atoms with Crippen molar-refractivity contribution < 1.29 is 9.90 Å². The minimum Gasteiger partial charge on any atom is -0.481 e. The first kappa shape index (κ1) is 10.5. The van der Waals surface area contributed by atoms with Gasteiger partial charge in [0.2, 0.25) is 0 Å². The third-order valence-electron chi connectivity index (χ3n) is 2.94. The molecule has 0 aromatic carbocycles. The Hall–Kier alpha value is -0.570. The predicted molar refractivity (Wildman–Crippen MR) is 51.7 cm³/mol. The molecule has 1 aliphatic carbocycles. The van der Waals surface area contributed by atoms with Crippen LogP contribution in [0.2, 0.25) is 0 Å². The minimum absolute atomic E-state index is 0.123. The molecular weight excluding hydrogens is 166 g/mol. The summed E-state index contributed by atoms with van der Waals surface area (Å²) in [5.41, 5.74) is 0.123. The van der Waals surface area contributed by atoms with E-state index in [1.54, 1.807) is 0 Å². The van der Waals surface area contributed by atoms with Crippen molar-refractivity contribution in [2.45, 2.75) is 33.1 Å². The fourth-order valence-electron chi connectivity index (χ4n) is 1.81. The van der Waals surface area contributed by atoms with Gasteiger partial charge in [0.05, 0.1) is 6.42 Å². The molecule has 0 aromatic rings. The molecule has 0 aliphatic heterocycles. The second-order valence-corrected chi connectivity index (χ2v) is 4.03. The van der Waals surface area contributed by atoms with E-state index in [0.717, 1.165) is 32.5 Å². The van der Waals surface area contributed by atoms with Gasteiger partial charge in [-0.25, -0.2) is 0 Å². The standard InChI is InChI=1S/C10H19NO2/c1-3-11(4-2)8-10(5-6-10)7-9(12)13/h3-8H2,1-2H3,(H,12,13). The van der Waals surface area contributed by atoms with Gasteiger partial charge in [0.1, 0.15) is 0 Å². The highest BCUT2D eigenvalue weighted by atomic mass is 16.4. The number of hydrogen-bond acceptors (Lipinski definition) is 2. The molecule has 0 atom stereocenters. The Balaban J connectivity index is 2.37. The third kappa shape index (κ3) is 2.99. The Morgan fingerprint density at radius 3 is 2.23 bits per heavy atom. The number of aliphatic carboxylic acids is 1. The van der Waals surface area contributed by atoms with Crippen LogP contribution in [0.4, 0.5) is 0 Å². The van der Waals surface area contributed by atoms with Crippen molar-refractivity contribution >= 4 is 5.97 Å². The largest absolute Gasteiger partial charge is 0.481 e. The lowest BCUT2D eigenvalue weighted by atomic mass is 10.0. The Kier molecular flexibility index (Phi) is 3.31. The van der Waals surface area contributed by atoms with Gasteiger partial charge in [-0.05, 0) is 31.3 Å². The number of carboxylic acid groups (broad SMARTS) is 1. The fourth-order valence-corrected chi connectivity index (χ4v) is 1.81. The molecule has 0 unspecified atom stereocenters. The maximum Gasteiger partial charge on any atom is 0.303 e. The number of nitrogens with zero attached hydrogens (tertiary/aromatic N) is 1. The first-order chi connectivity index (χ1) is 6.12. The number of carboxylic acids is 1. The van der Waals surface area contributed by atoms with Crippen molar-refractivity contribution in [1.29, 1.82) is 0 Å². The molecule has 13 heavy (non-hydrogen) atoms. The van der Waals surface area contributed by atoms with E-state index in [1.807, 2.05) is 0 Å². The van der Waals surface area contributed by atoms with Crippen molar-refractivity contribution in [1.82, 2.24) is 4.90 Å². The normalized spacial score (nSPS) is 19.0. The van der Waals surface area contributed by atoms with Crippen LogP contribution in [-0.4, -0.2) is 35.6 Å². The van der Waals surface area contributed by atoms with Gasteiger partial charge in [0.25, 0.3) is 0 Å². The molecule has 1 fully saturated rings. The van der Waals surface area contributed by atoms with Gasteiger partial charge in [-0.1, -0.05) is 13.8 Å². The average molecular weight is 185 g/mol. The number of carbonyl (C=O) groups is 1. The van der Waals surface area contributed by atoms with Crippen molar-refractivity contribution in [3.8, 4) is 0 Å². The minimum atomic E-state index is -0.648. The van der Waals surface area contributed by atoms with Gasteiger partial charge in [-0.15, -0.1) is 0 Å². The first-order valence-electron chi connectivity index (χ1n) is 5.06. The zero-order valence-corrected chi connectivity index (χ0v) is 8.55. The van der Waals surface area contributed by atoms with Crippen LogP contribution in [0.15, 0.2) is 0 Å². The summed E-state index contributed by atoms with van der Waals surface area (Å²) in [7, 11) is 0. The molecule has 0 bridgehead atoms. The zero-order valence-electron chi connectivity index (χ0n) is 8.55. The van der Waals surface area contributed by atoms with Gasteiger partial charge in [-0.2, -0.15) is 0 Å². The van der Waals surface area contributed by atoms with E-state index in [0.29, 0.717) is 6.42 Å². The second-order valence-electron chi connectivity index (χ2n) is 4.03. The van der Waals surface area contributed by atoms with Crippen molar-refractivity contribution in [3.63, 3.8) is 0 Å². The van der Waals surface area contributed by atoms with E-state index in [2.05, 4.69) is 18.7 Å². The average Bonchev–Trinajstić information content (AvgIpc) is 2.80. The summed E-state index contributed by atoms with van der Waals surface area (Å²) in [4.78, 5) is 12.9. The van der Waals surface area contributed by atoms with Gasteiger partial charge in [0.15, 0.2) is 0 Å². The van der Waals surface area contributed by atoms with Crippen molar-refractivity contribution in [2.24, 2.45) is 5.41 Å². The van der Waals surface area contributed by atoms with Gasteiger partial charge in [0, 0.05) is 6.54 Å². The van der Waals surface area contributed by atoms with Crippen LogP contribution in [0.1, 0.15) is 33.1 Å². The number of hydrogen-bond donors (Lipinski definition) is 1. The highest BCUT2D eigenvalue weighted by Gasteiger charge is 2.45. The van der Waals surface area contributed by atoms with E-state index in [9.17, 15) is 4.79 Å². The molecule has 76 valence electrons. The van der Waals surface area contributed by atoms with Crippen LogP contribution in [0.5, 0.6) is 0 Å². The van der Waals surface area contributed by atoms with Crippen LogP contribution in [0.3, 0.4) is 0 Å². The lowest BCUT2D eigenvalue weighted by Crippen LogP contribution is -2.31. The molecular formula is C10H19NO2. The molecule has 0 spiro atoms. The first-order valence-corrected chi connectivity index (χ1v) is 5.06. The summed E-state index contributed by atoms with van der Waals surface area (Å²) in [5, 5.41) is 8.73. The molecule has 0 amide bonds. The van der Waals surface area contributed by atoms with Crippen LogP contribution in [-0.2, 0) is 4.79 Å². The highest BCUT2D eigenvalue weighted by Crippen LogP contribution is 2.49. The monoisotopic (exact) mass is 185 g/mol. The third-order valence-corrected chi connectivity index (χ3v) is 2.94. The molecule has 0 aromatic heterocycles. The molecule has 1 N–H and O–H groups in total. The summed E-state index contributed by atoms with van der Waals surface area (Å²) in [6.07, 6.45) is 2.54. The lowest BCUT2D eigenvalue weighted by molar-refractivity contribution is -0.138. The Labute approximate surface area is 79.7 Å². The molecule has 1 rings (SSSR count). The smallest absolute Gasteiger partial charge is 0.303 e. The van der Waals surface area contributed by atoms with Gasteiger partial charge in [-0.3, -0.25) is 4.79 Å². The molecule has 0 heterocycles. The van der Waals surface area contributed by atoms with E-state index in [-0.39, 0.29) is 5.41 Å². The second kappa shape index (κ2) is 4.09. The number of rotatable bonds is 6. The van der Waals surface area contributed by atoms with E-state index in [1.165, 1.54) is 0 Å². The molecule has 1 saturated carbocycles. The van der Waals surface area contributed by atoms with Crippen LogP contribution < -0.4 is 0 Å². The summed E-state index contributed by atoms with van der Waals surface area (Å²) in [6.45, 7) is 7.27. The Morgan fingerprint density at radius 2 is 1.92 bits per heavy atom. The molecule has 0 radical (unpaired) electrons. The summed E-state index contributed by atoms with van der Waals surface area (Å²) in [6, 6.07) is 0. The maximum absolute atomic E-state index is 10.6. The van der Waals surface area contributed by atoms with Gasteiger partial charge < -0.3 is 10.0 Å². The van der Waals surface area contributed by atoms with E-state index >= 15 is 0 Å². The summed E-state index contributed by atoms with van der Waals surface area (Å²) in [5.74, 6) is -0.648. The van der Waals surface area contributed by atoms with E-state index < -0.39 is 5.97 Å². The van der Waals surface area contributed by atoms with Crippen LogP contribution in [0, 0.1) is 5.41 Å². The van der Waals surface area contributed by atoms with Crippen molar-refractivity contribution in [2.75, 3.05) is 19.6 Å². The van der Waals surface area contributed by atoms with Crippen molar-refractivity contribution in [3.05, 3.63) is 0 Å². The Bertz CT molecular complexity index is 183. The van der Waals surface area contributed by atoms with E-state index in [4.69, 9.17) is 5.11 Å². The molecule has 0 saturated heterocycles. The lowest BCUT2D eigenvalue weighted by Gasteiger charge is -2.23. The summed E-state index contributed by atoms with van der Waals surface area (Å²) >= 11 is 0. The zero-order chi connectivity index (χ0) is 9.90. The quantitative estimate of drug-likeness (QED) is 0.683. The molecule has 1 aliphatic rings. The topological polar surface area (TPSA) is 40.5 Å². The van der Waals surface area contributed by atoms with Gasteiger partial charge >= 0.3 is 5.97 Å². The highest BCUT2D eigenvalue weighted by molar-refractivity contribution is 5.68. The SMILES string of the molecule is CCN(CC)CC1(CC(=O)O)CC1. The predicted octanol–water partition coefficient (Wildman–Crippen LogP) is 1.58. The van der Waals surface area contributed by atoms with Crippen LogP contribution in [0.25, 0.3) is 0 Å². The Morgan fingerprint density at radius 1 is 1.38 bits per heavy atom. The maximum atomic E-state index is 10.6. The molecule has 3 nitrogen and oxygen atoms in total. The fraction of sp³-hybridized carbons (Fsp3) is 0.900. The van der Waals surface area contributed by atoms with Crippen LogP contribution >= 0.6 is 0 Å².